The van der Waals surface area contributed by atoms with Gasteiger partial charge in [0.2, 0.25) is 0 Å². The van der Waals surface area contributed by atoms with Crippen LogP contribution >= 0.6 is 11.6 Å². The number of nitrogens with one attached hydrogen (secondary N) is 1. The summed E-state index contributed by atoms with van der Waals surface area (Å²) in [4.78, 5) is 23.6. The highest BCUT2D eigenvalue weighted by Crippen LogP contribution is 2.44. The van der Waals surface area contributed by atoms with Gasteiger partial charge < -0.3 is 9.64 Å². The summed E-state index contributed by atoms with van der Waals surface area (Å²) >= 11 is 6.39. The number of amides is 1. The van der Waals surface area contributed by atoms with Crippen LogP contribution in [0.2, 0.25) is 5.02 Å². The summed E-state index contributed by atoms with van der Waals surface area (Å²) in [6.07, 6.45) is 10.9. The smallest absolute Gasteiger partial charge is 0.410 e. The number of benzene rings is 1. The van der Waals surface area contributed by atoms with Gasteiger partial charge in [0.05, 0.1) is 29.0 Å². The highest BCUT2D eigenvalue weighted by atomic mass is 35.5. The minimum absolute atomic E-state index is 0.182. The molecule has 2 fully saturated rings. The molecule has 192 valence electrons. The monoisotopic (exact) mass is 527 g/mol. The third-order valence-electron chi connectivity index (χ3n) is 7.97. The maximum atomic E-state index is 12.6. The lowest BCUT2D eigenvalue weighted by molar-refractivity contribution is 0.0685. The quantitative estimate of drug-likeness (QED) is 0.314. The van der Waals surface area contributed by atoms with Gasteiger partial charge in [0.15, 0.2) is 5.65 Å². The summed E-state index contributed by atoms with van der Waals surface area (Å²) in [5.74, 6) is 0.287. The number of ether oxygens (including phenoxy) is 1. The normalized spacial score (nSPS) is 20.9. The number of fused-ring (bicyclic) bond motifs is 4. The Labute approximate surface area is 223 Å². The number of H-pyrrole nitrogens is 1. The van der Waals surface area contributed by atoms with Crippen molar-refractivity contribution in [1.82, 2.24) is 34.7 Å². The van der Waals surface area contributed by atoms with Gasteiger partial charge in [-0.15, -0.1) is 0 Å². The molecule has 2 aliphatic heterocycles. The second kappa shape index (κ2) is 9.09. The largest absolute Gasteiger partial charge is 0.450 e. The number of rotatable bonds is 4. The fraction of sp³-hybridized carbons (Fsp3) is 0.321. The van der Waals surface area contributed by atoms with E-state index in [1.54, 1.807) is 12.4 Å². The molecular weight excluding hydrogens is 502 g/mol. The Kier molecular flexibility index (Phi) is 5.54. The van der Waals surface area contributed by atoms with Gasteiger partial charge in [0.1, 0.15) is 0 Å². The SMILES string of the molecule is CCOC(=O)N1C2CCC1CC(c1ccnc3cc(-c4ccncc4-c4ccc(Cl)c5[nH]ncc45)nn13)C2. The van der Waals surface area contributed by atoms with Crippen molar-refractivity contribution in [3.63, 3.8) is 0 Å². The molecule has 0 radical (unpaired) electrons. The maximum Gasteiger partial charge on any atom is 0.410 e. The van der Waals surface area contributed by atoms with Gasteiger partial charge in [-0.25, -0.2) is 14.3 Å². The zero-order valence-electron chi connectivity index (χ0n) is 20.8. The average Bonchev–Trinajstić information content (AvgIpc) is 3.65. The summed E-state index contributed by atoms with van der Waals surface area (Å²) in [5, 5.41) is 13.8. The van der Waals surface area contributed by atoms with Gasteiger partial charge >= 0.3 is 6.09 Å². The molecule has 7 rings (SSSR count). The van der Waals surface area contributed by atoms with Crippen LogP contribution in [0.15, 0.2) is 55.1 Å². The number of piperidine rings is 1. The molecule has 2 bridgehead atoms. The lowest BCUT2D eigenvalue weighted by atomic mass is 9.88. The molecule has 5 aromatic rings. The lowest BCUT2D eigenvalue weighted by Crippen LogP contribution is -2.46. The van der Waals surface area contributed by atoms with Crippen LogP contribution in [0.5, 0.6) is 0 Å². The van der Waals surface area contributed by atoms with Crippen molar-refractivity contribution in [2.24, 2.45) is 0 Å². The van der Waals surface area contributed by atoms with E-state index >= 15 is 0 Å². The minimum atomic E-state index is -0.182. The van der Waals surface area contributed by atoms with Crippen molar-refractivity contribution in [3.8, 4) is 22.4 Å². The molecule has 1 amide bonds. The Morgan fingerprint density at radius 3 is 2.74 bits per heavy atom. The predicted molar refractivity (Wildman–Crippen MR) is 144 cm³/mol. The molecule has 4 aromatic heterocycles. The van der Waals surface area contributed by atoms with Crippen LogP contribution in [-0.2, 0) is 4.74 Å². The molecule has 2 saturated heterocycles. The summed E-state index contributed by atoms with van der Waals surface area (Å²) in [5.41, 5.74) is 6.42. The number of hydrogen-bond donors (Lipinski definition) is 1. The molecule has 10 heteroatoms. The van der Waals surface area contributed by atoms with E-state index in [1.165, 1.54) is 0 Å². The van der Waals surface area contributed by atoms with Gasteiger partial charge in [-0.3, -0.25) is 10.1 Å². The molecule has 2 unspecified atom stereocenters. The number of hydrogen-bond acceptors (Lipinski definition) is 6. The zero-order valence-corrected chi connectivity index (χ0v) is 21.6. The molecule has 0 spiro atoms. The van der Waals surface area contributed by atoms with Crippen LogP contribution in [0.3, 0.4) is 0 Å². The number of aromatic nitrogens is 6. The van der Waals surface area contributed by atoms with Gasteiger partial charge in [-0.1, -0.05) is 17.7 Å². The van der Waals surface area contributed by atoms with Crippen molar-refractivity contribution in [2.75, 3.05) is 6.61 Å². The van der Waals surface area contributed by atoms with Crippen molar-refractivity contribution in [2.45, 2.75) is 50.6 Å². The topological polar surface area (TPSA) is 101 Å². The number of carbonyl (C=O) groups excluding carboxylic acids is 1. The molecule has 2 atom stereocenters. The fourth-order valence-corrected chi connectivity index (χ4v) is 6.55. The molecule has 0 saturated carbocycles. The molecule has 2 aliphatic rings. The zero-order chi connectivity index (χ0) is 25.8. The first kappa shape index (κ1) is 23.2. The number of pyridine rings is 1. The van der Waals surface area contributed by atoms with Crippen molar-refractivity contribution in [3.05, 3.63) is 65.8 Å². The van der Waals surface area contributed by atoms with Crippen LogP contribution in [0.1, 0.15) is 44.2 Å². The molecule has 0 aliphatic carbocycles. The molecule has 6 heterocycles. The summed E-state index contributed by atoms with van der Waals surface area (Å²) in [7, 11) is 0. The molecule has 1 N–H and O–H groups in total. The Hall–Kier alpha value is -3.98. The summed E-state index contributed by atoms with van der Waals surface area (Å²) in [6.45, 7) is 2.26. The van der Waals surface area contributed by atoms with E-state index < -0.39 is 0 Å². The standard InChI is InChI=1S/C28H26ClN7O2/c1-2-38-28(37)35-17-3-4-18(35)12-16(11-17)25-8-10-31-26-13-24(34-36(25)26)20-7-9-30-14-21(20)19-5-6-23(29)27-22(19)15-32-33-27/h5-10,13-18H,2-4,11-12H2,1H3,(H,32,33). The van der Waals surface area contributed by atoms with E-state index in [1.807, 2.05) is 53.0 Å². The van der Waals surface area contributed by atoms with Gasteiger partial charge in [-0.05, 0) is 56.4 Å². The van der Waals surface area contributed by atoms with Crippen molar-refractivity contribution < 1.29 is 9.53 Å². The highest BCUT2D eigenvalue weighted by molar-refractivity contribution is 6.35. The van der Waals surface area contributed by atoms with E-state index in [2.05, 4.69) is 26.2 Å². The molecule has 1 aromatic carbocycles. The third kappa shape index (κ3) is 3.64. The number of carbonyl (C=O) groups is 1. The van der Waals surface area contributed by atoms with Crippen LogP contribution in [0.25, 0.3) is 38.9 Å². The minimum Gasteiger partial charge on any atom is -0.450 e. The first-order chi connectivity index (χ1) is 18.6. The second-order valence-electron chi connectivity index (χ2n) is 10.0. The van der Waals surface area contributed by atoms with Crippen LogP contribution < -0.4 is 0 Å². The summed E-state index contributed by atoms with van der Waals surface area (Å²) < 4.78 is 7.31. The van der Waals surface area contributed by atoms with E-state index in [0.29, 0.717) is 11.6 Å². The van der Waals surface area contributed by atoms with Gasteiger partial charge in [0.25, 0.3) is 0 Å². The van der Waals surface area contributed by atoms with Gasteiger partial charge in [-0.2, -0.15) is 10.2 Å². The van der Waals surface area contributed by atoms with Crippen molar-refractivity contribution in [1.29, 1.82) is 0 Å². The predicted octanol–water partition coefficient (Wildman–Crippen LogP) is 5.85. The van der Waals surface area contributed by atoms with E-state index in [0.717, 1.165) is 70.3 Å². The van der Waals surface area contributed by atoms with Crippen LogP contribution in [0.4, 0.5) is 4.79 Å². The van der Waals surface area contributed by atoms with Crippen LogP contribution in [0, 0.1) is 0 Å². The van der Waals surface area contributed by atoms with Crippen molar-refractivity contribution >= 4 is 34.2 Å². The van der Waals surface area contributed by atoms with E-state index in [9.17, 15) is 4.79 Å². The first-order valence-corrected chi connectivity index (χ1v) is 13.4. The molecule has 38 heavy (non-hydrogen) atoms. The Bertz CT molecular complexity index is 1660. The average molecular weight is 528 g/mol. The molecular formula is C28H26ClN7O2. The third-order valence-corrected chi connectivity index (χ3v) is 8.28. The fourth-order valence-electron chi connectivity index (χ4n) is 6.34. The lowest BCUT2D eigenvalue weighted by Gasteiger charge is -2.38. The Morgan fingerprint density at radius 2 is 1.92 bits per heavy atom. The Morgan fingerprint density at radius 1 is 1.08 bits per heavy atom. The maximum absolute atomic E-state index is 12.6. The van der Waals surface area contributed by atoms with Crippen LogP contribution in [-0.4, -0.2) is 59.5 Å². The van der Waals surface area contributed by atoms with E-state index in [-0.39, 0.29) is 24.1 Å². The van der Waals surface area contributed by atoms with E-state index in [4.69, 9.17) is 21.4 Å². The molecule has 9 nitrogen and oxygen atoms in total. The second-order valence-corrected chi connectivity index (χ2v) is 10.4. The highest BCUT2D eigenvalue weighted by Gasteiger charge is 2.45. The number of aromatic amines is 1. The number of halogens is 1. The first-order valence-electron chi connectivity index (χ1n) is 13.0. The summed E-state index contributed by atoms with van der Waals surface area (Å²) in [6, 6.07) is 10.3. The van der Waals surface area contributed by atoms with Gasteiger partial charge in [0, 0.05) is 64.9 Å². The Balaban J connectivity index is 1.27. The number of nitrogens with zero attached hydrogens (tertiary/aromatic N) is 6.